The van der Waals surface area contributed by atoms with E-state index < -0.39 is 0 Å². The van der Waals surface area contributed by atoms with E-state index in [1.165, 1.54) is 5.56 Å². The number of anilines is 2. The van der Waals surface area contributed by atoms with Crippen LogP contribution < -0.4 is 21.9 Å². The molecule has 7 nitrogen and oxygen atoms in total. The molecule has 0 spiro atoms. The zero-order valence-electron chi connectivity index (χ0n) is 17.2. The van der Waals surface area contributed by atoms with Gasteiger partial charge in [-0.2, -0.15) is 0 Å². The summed E-state index contributed by atoms with van der Waals surface area (Å²) in [7, 11) is 0. The first-order chi connectivity index (χ1) is 15.1. The number of nitrogen functional groups attached to an aromatic ring is 2. The molecule has 2 aromatic heterocycles. The predicted octanol–water partition coefficient (Wildman–Crippen LogP) is 4.34. The fraction of sp³-hybridized carbons (Fsp3) is 0.250. The summed E-state index contributed by atoms with van der Waals surface area (Å²) < 4.78 is 8.09. The predicted molar refractivity (Wildman–Crippen MR) is 123 cm³/mol. The van der Waals surface area contributed by atoms with Crippen LogP contribution in [0.4, 0.5) is 11.5 Å². The molecule has 158 valence electrons. The van der Waals surface area contributed by atoms with Crippen molar-refractivity contribution in [2.24, 2.45) is 5.73 Å². The van der Waals surface area contributed by atoms with Crippen LogP contribution in [-0.2, 0) is 0 Å². The summed E-state index contributed by atoms with van der Waals surface area (Å²) in [6.45, 7) is 0. The van der Waals surface area contributed by atoms with Gasteiger partial charge in [0.05, 0.1) is 17.6 Å². The van der Waals surface area contributed by atoms with Crippen LogP contribution in [0.5, 0.6) is 11.5 Å². The monoisotopic (exact) mass is 414 g/mol. The third-order valence-corrected chi connectivity index (χ3v) is 5.97. The number of fused-ring (bicyclic) bond motifs is 1. The molecule has 5 rings (SSSR count). The van der Waals surface area contributed by atoms with E-state index in [2.05, 4.69) is 17.2 Å². The minimum absolute atomic E-state index is 0.288. The molecule has 0 saturated heterocycles. The number of benzene rings is 2. The fourth-order valence-electron chi connectivity index (χ4n) is 4.38. The van der Waals surface area contributed by atoms with E-state index in [-0.39, 0.29) is 6.04 Å². The quantitative estimate of drug-likeness (QED) is 0.457. The smallest absolute Gasteiger partial charge is 0.177 e. The van der Waals surface area contributed by atoms with E-state index in [1.807, 2.05) is 42.6 Å². The normalized spacial score (nSPS) is 18.9. The molecule has 0 atom stereocenters. The molecule has 6 N–H and O–H groups in total. The average molecular weight is 415 g/mol. The van der Waals surface area contributed by atoms with Crippen LogP contribution in [0.1, 0.15) is 37.2 Å². The van der Waals surface area contributed by atoms with Gasteiger partial charge < -0.3 is 21.9 Å². The Morgan fingerprint density at radius 3 is 2.48 bits per heavy atom. The Bertz CT molecular complexity index is 1210. The first kappa shape index (κ1) is 19.4. The van der Waals surface area contributed by atoms with Crippen molar-refractivity contribution in [3.8, 4) is 22.8 Å². The molecule has 7 heteroatoms. The first-order valence-corrected chi connectivity index (χ1v) is 10.6. The number of nitrogens with zero attached hydrogens (tertiary/aromatic N) is 3. The molecule has 2 heterocycles. The van der Waals surface area contributed by atoms with Crippen LogP contribution in [0.15, 0.2) is 60.8 Å². The molecule has 0 bridgehead atoms. The minimum atomic E-state index is 0.288. The van der Waals surface area contributed by atoms with Crippen LogP contribution in [-0.4, -0.2) is 20.6 Å². The highest BCUT2D eigenvalue weighted by Gasteiger charge is 2.25. The first-order valence-electron chi connectivity index (χ1n) is 10.6. The molecule has 4 aromatic rings. The average Bonchev–Trinajstić information content (AvgIpc) is 3.19. The van der Waals surface area contributed by atoms with Crippen molar-refractivity contribution in [1.29, 1.82) is 0 Å². The van der Waals surface area contributed by atoms with Crippen molar-refractivity contribution < 1.29 is 4.74 Å². The molecule has 0 radical (unpaired) electrons. The molecule has 2 aromatic carbocycles. The molecule has 1 aliphatic carbocycles. The summed E-state index contributed by atoms with van der Waals surface area (Å²) in [6, 6.07) is 18.0. The maximum Gasteiger partial charge on any atom is 0.177 e. The van der Waals surface area contributed by atoms with Gasteiger partial charge in [-0.05, 0) is 55.4 Å². The van der Waals surface area contributed by atoms with E-state index in [9.17, 15) is 0 Å². The lowest BCUT2D eigenvalue weighted by molar-refractivity contribution is 0.384. The standard InChI is InChI=1S/C24H26N6O/c25-16-11-9-15(10-12-16)18-7-4-8-19(23(18)31-17-5-2-1-3-6-17)21-14-30-24(28-21)20(26)13-22(27)29-30/h1-8,13-16H,9-12,25-26H2,(H2,27,29). The molecule has 0 amide bonds. The van der Waals surface area contributed by atoms with Crippen LogP contribution in [0.3, 0.4) is 0 Å². The van der Waals surface area contributed by atoms with Gasteiger partial charge in [0.25, 0.3) is 0 Å². The second-order valence-electron chi connectivity index (χ2n) is 8.17. The van der Waals surface area contributed by atoms with E-state index >= 15 is 0 Å². The zero-order chi connectivity index (χ0) is 21.4. The van der Waals surface area contributed by atoms with Crippen LogP contribution in [0, 0.1) is 0 Å². The van der Waals surface area contributed by atoms with Crippen molar-refractivity contribution >= 4 is 17.2 Å². The number of para-hydroxylation sites is 2. The number of hydrogen-bond donors (Lipinski definition) is 3. The van der Waals surface area contributed by atoms with E-state index in [1.54, 1.807) is 10.6 Å². The maximum atomic E-state index is 6.47. The van der Waals surface area contributed by atoms with E-state index in [0.717, 1.165) is 48.4 Å². The summed E-state index contributed by atoms with van der Waals surface area (Å²) in [5, 5.41) is 4.31. The minimum Gasteiger partial charge on any atom is -0.456 e. The van der Waals surface area contributed by atoms with Gasteiger partial charge in [0.1, 0.15) is 17.3 Å². The third kappa shape index (κ3) is 3.80. The number of nitrogens with two attached hydrogens (primary N) is 3. The van der Waals surface area contributed by atoms with Gasteiger partial charge in [0, 0.05) is 17.7 Å². The number of imidazole rings is 1. The molecule has 1 aliphatic rings. The lowest BCUT2D eigenvalue weighted by Gasteiger charge is -2.28. The third-order valence-electron chi connectivity index (χ3n) is 5.97. The Morgan fingerprint density at radius 1 is 0.935 bits per heavy atom. The highest BCUT2D eigenvalue weighted by Crippen LogP contribution is 2.43. The Hall–Kier alpha value is -3.58. The Balaban J connectivity index is 1.64. The van der Waals surface area contributed by atoms with Crippen LogP contribution in [0.25, 0.3) is 16.9 Å². The summed E-state index contributed by atoms with van der Waals surface area (Å²) in [5.74, 6) is 2.36. The van der Waals surface area contributed by atoms with Crippen LogP contribution in [0.2, 0.25) is 0 Å². The molecule has 1 fully saturated rings. The van der Waals surface area contributed by atoms with Gasteiger partial charge in [0.15, 0.2) is 5.65 Å². The van der Waals surface area contributed by atoms with Gasteiger partial charge in [-0.25, -0.2) is 9.50 Å². The molecule has 0 aliphatic heterocycles. The fourth-order valence-corrected chi connectivity index (χ4v) is 4.38. The molecular formula is C24H26N6O. The topological polar surface area (TPSA) is 117 Å². The number of aromatic nitrogens is 3. The molecule has 31 heavy (non-hydrogen) atoms. The van der Waals surface area contributed by atoms with Crippen molar-refractivity contribution in [3.63, 3.8) is 0 Å². The highest BCUT2D eigenvalue weighted by molar-refractivity contribution is 5.76. The second-order valence-corrected chi connectivity index (χ2v) is 8.17. The van der Waals surface area contributed by atoms with Crippen molar-refractivity contribution in [1.82, 2.24) is 14.6 Å². The van der Waals surface area contributed by atoms with Gasteiger partial charge in [0.2, 0.25) is 0 Å². The largest absolute Gasteiger partial charge is 0.456 e. The van der Waals surface area contributed by atoms with Crippen molar-refractivity contribution in [2.75, 3.05) is 11.5 Å². The molecular weight excluding hydrogens is 388 g/mol. The van der Waals surface area contributed by atoms with Gasteiger partial charge in [-0.1, -0.05) is 30.3 Å². The number of hydrogen-bond acceptors (Lipinski definition) is 6. The highest BCUT2D eigenvalue weighted by atomic mass is 16.5. The molecule has 1 saturated carbocycles. The lowest BCUT2D eigenvalue weighted by Crippen LogP contribution is -2.25. The van der Waals surface area contributed by atoms with Gasteiger partial charge >= 0.3 is 0 Å². The van der Waals surface area contributed by atoms with E-state index in [0.29, 0.717) is 23.1 Å². The Labute approximate surface area is 180 Å². The summed E-state index contributed by atoms with van der Waals surface area (Å²) in [5.41, 5.74) is 22.0. The number of ether oxygens (including phenoxy) is 1. The molecule has 0 unspecified atom stereocenters. The summed E-state index contributed by atoms with van der Waals surface area (Å²) in [4.78, 5) is 4.74. The van der Waals surface area contributed by atoms with Crippen molar-refractivity contribution in [3.05, 3.63) is 66.4 Å². The SMILES string of the molecule is Nc1cc(N)c2nc(-c3cccc(C4CCC(N)CC4)c3Oc3ccccc3)cn2n1. The number of rotatable bonds is 4. The summed E-state index contributed by atoms with van der Waals surface area (Å²) >= 11 is 0. The maximum absolute atomic E-state index is 6.47. The van der Waals surface area contributed by atoms with Gasteiger partial charge in [-0.15, -0.1) is 5.10 Å². The zero-order valence-corrected chi connectivity index (χ0v) is 17.2. The second kappa shape index (κ2) is 7.92. The van der Waals surface area contributed by atoms with Crippen molar-refractivity contribution in [2.45, 2.75) is 37.6 Å². The lowest BCUT2D eigenvalue weighted by atomic mass is 9.81. The van der Waals surface area contributed by atoms with Gasteiger partial charge in [-0.3, -0.25) is 0 Å². The Morgan fingerprint density at radius 2 is 1.71 bits per heavy atom. The van der Waals surface area contributed by atoms with Crippen LogP contribution >= 0.6 is 0 Å². The van der Waals surface area contributed by atoms with E-state index in [4.69, 9.17) is 26.9 Å². The summed E-state index contributed by atoms with van der Waals surface area (Å²) in [6.07, 6.45) is 5.98. The Kier molecular flexibility index (Phi) is 4.95.